The molecule has 0 bridgehead atoms. The van der Waals surface area contributed by atoms with Crippen LogP contribution in [0.1, 0.15) is 31.5 Å². The molecule has 2 aromatic rings. The van der Waals surface area contributed by atoms with Gasteiger partial charge in [-0.15, -0.1) is 0 Å². The van der Waals surface area contributed by atoms with Crippen molar-refractivity contribution in [3.8, 4) is 0 Å². The quantitative estimate of drug-likeness (QED) is 0.872. The lowest BCUT2D eigenvalue weighted by Crippen LogP contribution is -2.23. The monoisotopic (exact) mass is 348 g/mol. The molecule has 0 spiro atoms. The lowest BCUT2D eigenvalue weighted by atomic mass is 10.1. The zero-order valence-corrected chi connectivity index (χ0v) is 15.7. The van der Waals surface area contributed by atoms with Gasteiger partial charge in [0, 0.05) is 29.7 Å². The van der Waals surface area contributed by atoms with Crippen LogP contribution < -0.4 is 5.32 Å². The number of nitrogens with one attached hydrogen (secondary N) is 1. The summed E-state index contributed by atoms with van der Waals surface area (Å²) < 4.78 is 25.6. The molecule has 1 aromatic carbocycles. The van der Waals surface area contributed by atoms with Crippen LogP contribution in [0, 0.1) is 18.8 Å². The Morgan fingerprint density at radius 3 is 2.71 bits per heavy atom. The lowest BCUT2D eigenvalue weighted by molar-refractivity contribution is 0.513. The van der Waals surface area contributed by atoms with E-state index in [1.54, 1.807) is 0 Å². The Bertz CT molecular complexity index is 821. The third kappa shape index (κ3) is 3.67. The zero-order valence-electron chi connectivity index (χ0n) is 14.9. The molecular formula is C19H28N2O2S. The average molecular weight is 349 g/mol. The first-order valence-corrected chi connectivity index (χ1v) is 10.7. The molecule has 0 saturated carbocycles. The Kier molecular flexibility index (Phi) is 5.02. The van der Waals surface area contributed by atoms with Crippen molar-refractivity contribution in [3.63, 3.8) is 0 Å². The number of rotatable bonds is 6. The van der Waals surface area contributed by atoms with Crippen molar-refractivity contribution in [1.82, 2.24) is 9.88 Å². The number of sulfone groups is 1. The molecule has 1 fully saturated rings. The van der Waals surface area contributed by atoms with Crippen LogP contribution >= 0.6 is 0 Å². The van der Waals surface area contributed by atoms with Gasteiger partial charge in [-0.1, -0.05) is 32.0 Å². The number of para-hydroxylation sites is 1. The van der Waals surface area contributed by atoms with Gasteiger partial charge in [-0.25, -0.2) is 8.42 Å². The van der Waals surface area contributed by atoms with Crippen LogP contribution in [0.4, 0.5) is 0 Å². The fourth-order valence-electron chi connectivity index (χ4n) is 3.76. The molecular weight excluding hydrogens is 320 g/mol. The summed E-state index contributed by atoms with van der Waals surface area (Å²) in [5, 5.41) is 4.81. The van der Waals surface area contributed by atoms with E-state index < -0.39 is 9.84 Å². The third-order valence-corrected chi connectivity index (χ3v) is 6.81. The maximum atomic E-state index is 11.6. The fourth-order valence-corrected chi connectivity index (χ4v) is 5.62. The molecule has 1 atom stereocenters. The molecule has 1 unspecified atom stereocenters. The number of hydrogen-bond acceptors (Lipinski definition) is 3. The van der Waals surface area contributed by atoms with E-state index in [-0.39, 0.29) is 5.92 Å². The molecule has 1 saturated heterocycles. The minimum absolute atomic E-state index is 0.263. The Balaban J connectivity index is 1.76. The standard InChI is InChI=1S/C19H28N2O2S/c1-14(2)12-21-15(3)18(17-6-4-5-7-19(17)21)11-20-10-16-8-9-24(22,23)13-16/h4-7,14,16,20H,8-13H2,1-3H3. The van der Waals surface area contributed by atoms with Crippen LogP contribution in [0.2, 0.25) is 0 Å². The van der Waals surface area contributed by atoms with E-state index >= 15 is 0 Å². The van der Waals surface area contributed by atoms with Crippen LogP contribution in [0.15, 0.2) is 24.3 Å². The predicted molar refractivity (Wildman–Crippen MR) is 100.0 cm³/mol. The molecule has 2 heterocycles. The van der Waals surface area contributed by atoms with Crippen molar-refractivity contribution >= 4 is 20.7 Å². The largest absolute Gasteiger partial charge is 0.344 e. The van der Waals surface area contributed by atoms with E-state index in [2.05, 4.69) is 54.9 Å². The van der Waals surface area contributed by atoms with Gasteiger partial charge < -0.3 is 9.88 Å². The summed E-state index contributed by atoms with van der Waals surface area (Å²) >= 11 is 0. The molecule has 1 aromatic heterocycles. The van der Waals surface area contributed by atoms with Crippen molar-refractivity contribution in [1.29, 1.82) is 0 Å². The zero-order chi connectivity index (χ0) is 17.3. The molecule has 4 nitrogen and oxygen atoms in total. The third-order valence-electron chi connectivity index (χ3n) is 4.97. The van der Waals surface area contributed by atoms with Crippen LogP contribution in [-0.2, 0) is 22.9 Å². The minimum Gasteiger partial charge on any atom is -0.344 e. The molecule has 0 aliphatic carbocycles. The van der Waals surface area contributed by atoms with E-state index in [1.807, 2.05) is 0 Å². The van der Waals surface area contributed by atoms with Crippen LogP contribution in [0.3, 0.4) is 0 Å². The first-order valence-electron chi connectivity index (χ1n) is 8.85. The summed E-state index contributed by atoms with van der Waals surface area (Å²) in [5.74, 6) is 1.56. The topological polar surface area (TPSA) is 51.1 Å². The van der Waals surface area contributed by atoms with Crippen LogP contribution in [0.25, 0.3) is 10.9 Å². The molecule has 1 N–H and O–H groups in total. The van der Waals surface area contributed by atoms with E-state index in [0.29, 0.717) is 17.4 Å². The van der Waals surface area contributed by atoms with E-state index in [4.69, 9.17) is 0 Å². The lowest BCUT2D eigenvalue weighted by Gasteiger charge is -2.12. The highest BCUT2D eigenvalue weighted by atomic mass is 32.2. The van der Waals surface area contributed by atoms with Gasteiger partial charge in [0.2, 0.25) is 0 Å². The molecule has 1 aliphatic heterocycles. The molecule has 132 valence electrons. The van der Waals surface area contributed by atoms with Gasteiger partial charge in [0.25, 0.3) is 0 Å². The molecule has 5 heteroatoms. The van der Waals surface area contributed by atoms with Crippen LogP contribution in [-0.4, -0.2) is 31.0 Å². The predicted octanol–water partition coefficient (Wildman–Crippen LogP) is 3.13. The number of benzene rings is 1. The van der Waals surface area contributed by atoms with Gasteiger partial charge in [0.1, 0.15) is 0 Å². The van der Waals surface area contributed by atoms with Crippen molar-refractivity contribution < 1.29 is 8.42 Å². The molecule has 24 heavy (non-hydrogen) atoms. The maximum absolute atomic E-state index is 11.6. The number of fused-ring (bicyclic) bond motifs is 1. The number of hydrogen-bond donors (Lipinski definition) is 1. The van der Waals surface area contributed by atoms with Crippen molar-refractivity contribution in [2.45, 2.75) is 40.3 Å². The highest BCUT2D eigenvalue weighted by Crippen LogP contribution is 2.27. The van der Waals surface area contributed by atoms with Gasteiger partial charge in [-0.3, -0.25) is 0 Å². The maximum Gasteiger partial charge on any atom is 0.150 e. The van der Waals surface area contributed by atoms with Gasteiger partial charge >= 0.3 is 0 Å². The Morgan fingerprint density at radius 1 is 1.29 bits per heavy atom. The fraction of sp³-hybridized carbons (Fsp3) is 0.579. The molecule has 3 rings (SSSR count). The second-order valence-electron chi connectivity index (χ2n) is 7.49. The summed E-state index contributed by atoms with van der Waals surface area (Å²) in [4.78, 5) is 0. The molecule has 0 amide bonds. The van der Waals surface area contributed by atoms with Crippen molar-refractivity contribution in [2.24, 2.45) is 11.8 Å². The van der Waals surface area contributed by atoms with Gasteiger partial charge in [-0.2, -0.15) is 0 Å². The Hall–Kier alpha value is -1.33. The van der Waals surface area contributed by atoms with E-state index in [1.165, 1.54) is 22.2 Å². The highest BCUT2D eigenvalue weighted by Gasteiger charge is 2.27. The minimum atomic E-state index is -2.79. The van der Waals surface area contributed by atoms with Gasteiger partial charge in [-0.05, 0) is 43.4 Å². The highest BCUT2D eigenvalue weighted by molar-refractivity contribution is 7.91. The molecule has 1 aliphatic rings. The first kappa shape index (κ1) is 17.5. The van der Waals surface area contributed by atoms with Crippen LogP contribution in [0.5, 0.6) is 0 Å². The van der Waals surface area contributed by atoms with E-state index in [9.17, 15) is 8.42 Å². The van der Waals surface area contributed by atoms with Gasteiger partial charge in [0.15, 0.2) is 9.84 Å². The molecule has 0 radical (unpaired) electrons. The first-order chi connectivity index (χ1) is 11.4. The Morgan fingerprint density at radius 2 is 2.04 bits per heavy atom. The van der Waals surface area contributed by atoms with Crippen molar-refractivity contribution in [2.75, 3.05) is 18.1 Å². The number of aromatic nitrogens is 1. The second-order valence-corrected chi connectivity index (χ2v) is 9.71. The summed E-state index contributed by atoms with van der Waals surface area (Å²) in [5.41, 5.74) is 3.95. The summed E-state index contributed by atoms with van der Waals surface area (Å²) in [7, 11) is -2.79. The summed E-state index contributed by atoms with van der Waals surface area (Å²) in [6.45, 7) is 9.28. The summed E-state index contributed by atoms with van der Waals surface area (Å²) in [6.07, 6.45) is 0.795. The smallest absolute Gasteiger partial charge is 0.150 e. The summed E-state index contributed by atoms with van der Waals surface area (Å²) in [6, 6.07) is 8.57. The van der Waals surface area contributed by atoms with Gasteiger partial charge in [0.05, 0.1) is 11.5 Å². The SMILES string of the molecule is Cc1c(CNCC2CCS(=O)(=O)C2)c2ccccc2n1CC(C)C. The Labute approximate surface area is 145 Å². The second kappa shape index (κ2) is 6.89. The number of nitrogens with zero attached hydrogens (tertiary/aromatic N) is 1. The van der Waals surface area contributed by atoms with Crippen molar-refractivity contribution in [3.05, 3.63) is 35.5 Å². The average Bonchev–Trinajstić information content (AvgIpc) is 2.99. The van der Waals surface area contributed by atoms with E-state index in [0.717, 1.165) is 26.1 Å². The normalized spacial score (nSPS) is 20.2.